The number of hydrogen-bond acceptors (Lipinski definition) is 6. The number of amides is 1. The maximum atomic E-state index is 12.2. The van der Waals surface area contributed by atoms with Crippen molar-refractivity contribution in [3.05, 3.63) is 78.4 Å². The molecule has 0 bridgehead atoms. The fourth-order valence-corrected chi connectivity index (χ4v) is 3.23. The zero-order valence-corrected chi connectivity index (χ0v) is 18.5. The Hall–Kier alpha value is -3.84. The summed E-state index contributed by atoms with van der Waals surface area (Å²) in [6.45, 7) is 2.42. The largest absolute Gasteiger partial charge is 0.497 e. The van der Waals surface area contributed by atoms with Crippen LogP contribution < -0.4 is 14.2 Å². The summed E-state index contributed by atoms with van der Waals surface area (Å²) in [6.07, 6.45) is 1.78. The van der Waals surface area contributed by atoms with E-state index in [0.29, 0.717) is 32.1 Å². The van der Waals surface area contributed by atoms with Crippen molar-refractivity contribution in [2.75, 3.05) is 40.0 Å². The molecule has 1 saturated heterocycles. The van der Waals surface area contributed by atoms with Crippen molar-refractivity contribution in [2.24, 2.45) is 4.99 Å². The molecular weight excluding hydrogens is 420 g/mol. The van der Waals surface area contributed by atoms with E-state index in [2.05, 4.69) is 4.99 Å². The maximum Gasteiger partial charge on any atom is 0.260 e. The number of nitrogens with zero attached hydrogens (tertiary/aromatic N) is 2. The molecule has 1 heterocycles. The highest BCUT2D eigenvalue weighted by Gasteiger charge is 2.17. The molecule has 7 nitrogen and oxygen atoms in total. The lowest BCUT2D eigenvalue weighted by Crippen LogP contribution is -2.42. The van der Waals surface area contributed by atoms with Gasteiger partial charge in [-0.1, -0.05) is 0 Å². The highest BCUT2D eigenvalue weighted by Crippen LogP contribution is 2.25. The van der Waals surface area contributed by atoms with Gasteiger partial charge in [-0.05, 0) is 78.4 Å². The van der Waals surface area contributed by atoms with Crippen LogP contribution in [-0.4, -0.2) is 57.0 Å². The van der Waals surface area contributed by atoms with Crippen LogP contribution in [0.3, 0.4) is 0 Å². The molecule has 1 aliphatic rings. The average molecular weight is 447 g/mol. The summed E-state index contributed by atoms with van der Waals surface area (Å²) in [5.74, 6) is 2.87. The van der Waals surface area contributed by atoms with Crippen molar-refractivity contribution >= 4 is 17.8 Å². The van der Waals surface area contributed by atoms with E-state index in [1.807, 2.05) is 72.8 Å². The number of ether oxygens (including phenoxy) is 4. The standard InChI is InChI=1S/C26H26N2O5/c1-30-22-10-12-25(13-11-22)33-24-8-4-21(5-9-24)27-18-20-2-6-23(7-3-20)32-19-26(29)28-14-16-31-17-15-28/h2-13,18H,14-17,19H2,1H3. The van der Waals surface area contributed by atoms with Gasteiger partial charge >= 0.3 is 0 Å². The minimum absolute atomic E-state index is 0.0247. The molecule has 0 saturated carbocycles. The highest BCUT2D eigenvalue weighted by atomic mass is 16.5. The van der Waals surface area contributed by atoms with Crippen LogP contribution in [0.5, 0.6) is 23.0 Å². The first-order valence-electron chi connectivity index (χ1n) is 10.7. The van der Waals surface area contributed by atoms with Crippen LogP contribution in [0.1, 0.15) is 5.56 Å². The van der Waals surface area contributed by atoms with Gasteiger partial charge in [0.05, 0.1) is 26.0 Å². The molecule has 1 fully saturated rings. The van der Waals surface area contributed by atoms with Crippen LogP contribution in [0.25, 0.3) is 0 Å². The summed E-state index contributed by atoms with van der Waals surface area (Å²) in [6, 6.07) is 22.4. The van der Waals surface area contributed by atoms with E-state index in [1.165, 1.54) is 0 Å². The lowest BCUT2D eigenvalue weighted by atomic mass is 10.2. The first-order valence-corrected chi connectivity index (χ1v) is 10.7. The first kappa shape index (κ1) is 22.4. The third-order valence-electron chi connectivity index (χ3n) is 5.10. The van der Waals surface area contributed by atoms with Gasteiger partial charge in [-0.2, -0.15) is 0 Å². The van der Waals surface area contributed by atoms with Gasteiger partial charge in [0.15, 0.2) is 6.61 Å². The van der Waals surface area contributed by atoms with Crippen molar-refractivity contribution in [3.63, 3.8) is 0 Å². The number of aliphatic imine (C=N–C) groups is 1. The molecule has 0 aromatic heterocycles. The summed E-state index contributed by atoms with van der Waals surface area (Å²) in [7, 11) is 1.63. The van der Waals surface area contributed by atoms with E-state index < -0.39 is 0 Å². The molecule has 3 aromatic rings. The molecule has 33 heavy (non-hydrogen) atoms. The van der Waals surface area contributed by atoms with Crippen LogP contribution in [0.4, 0.5) is 5.69 Å². The molecule has 0 spiro atoms. The molecule has 0 radical (unpaired) electrons. The molecule has 3 aromatic carbocycles. The molecule has 4 rings (SSSR count). The predicted molar refractivity (Wildman–Crippen MR) is 126 cm³/mol. The van der Waals surface area contributed by atoms with Crippen molar-refractivity contribution in [1.29, 1.82) is 0 Å². The Morgan fingerprint density at radius 2 is 1.45 bits per heavy atom. The first-order chi connectivity index (χ1) is 16.2. The number of rotatable bonds is 8. The molecule has 170 valence electrons. The highest BCUT2D eigenvalue weighted by molar-refractivity contribution is 5.82. The van der Waals surface area contributed by atoms with E-state index in [1.54, 1.807) is 18.2 Å². The van der Waals surface area contributed by atoms with Crippen LogP contribution in [-0.2, 0) is 9.53 Å². The van der Waals surface area contributed by atoms with Gasteiger partial charge in [-0.25, -0.2) is 0 Å². The number of carbonyl (C=O) groups excluding carboxylic acids is 1. The molecule has 0 N–H and O–H groups in total. The van der Waals surface area contributed by atoms with Gasteiger partial charge in [-0.15, -0.1) is 0 Å². The van der Waals surface area contributed by atoms with Crippen molar-refractivity contribution in [1.82, 2.24) is 4.90 Å². The van der Waals surface area contributed by atoms with Crippen LogP contribution in [0.2, 0.25) is 0 Å². The van der Waals surface area contributed by atoms with Crippen LogP contribution in [0, 0.1) is 0 Å². The Bertz CT molecular complexity index is 1060. The van der Waals surface area contributed by atoms with Crippen molar-refractivity contribution in [3.8, 4) is 23.0 Å². The average Bonchev–Trinajstić information content (AvgIpc) is 2.88. The predicted octanol–water partition coefficient (Wildman–Crippen LogP) is 4.48. The van der Waals surface area contributed by atoms with Gasteiger partial charge in [0.2, 0.25) is 0 Å². The smallest absolute Gasteiger partial charge is 0.260 e. The van der Waals surface area contributed by atoms with Crippen molar-refractivity contribution in [2.45, 2.75) is 0 Å². The zero-order chi connectivity index (χ0) is 22.9. The van der Waals surface area contributed by atoms with Gasteiger partial charge in [-0.3, -0.25) is 9.79 Å². The number of benzene rings is 3. The Kier molecular flexibility index (Phi) is 7.56. The zero-order valence-electron chi connectivity index (χ0n) is 18.5. The summed E-state index contributed by atoms with van der Waals surface area (Å²) < 4.78 is 21.9. The number of morpholine rings is 1. The molecule has 1 aliphatic heterocycles. The molecule has 0 atom stereocenters. The second-order valence-corrected chi connectivity index (χ2v) is 7.38. The molecular formula is C26H26N2O5. The Morgan fingerprint density at radius 1 is 0.879 bits per heavy atom. The Labute approximate surface area is 193 Å². The third kappa shape index (κ3) is 6.57. The van der Waals surface area contributed by atoms with E-state index in [4.69, 9.17) is 18.9 Å². The van der Waals surface area contributed by atoms with E-state index in [-0.39, 0.29) is 12.5 Å². The number of carbonyl (C=O) groups is 1. The fraction of sp³-hybridized carbons (Fsp3) is 0.231. The fourth-order valence-electron chi connectivity index (χ4n) is 3.23. The minimum atomic E-state index is -0.0247. The van der Waals surface area contributed by atoms with Crippen LogP contribution in [0.15, 0.2) is 77.8 Å². The van der Waals surface area contributed by atoms with Gasteiger partial charge in [0, 0.05) is 19.3 Å². The number of methoxy groups -OCH3 is 1. The SMILES string of the molecule is COc1ccc(Oc2ccc(N=Cc3ccc(OCC(=O)N4CCOCC4)cc3)cc2)cc1. The second kappa shape index (κ2) is 11.2. The lowest BCUT2D eigenvalue weighted by Gasteiger charge is -2.26. The quantitative estimate of drug-likeness (QED) is 0.478. The lowest BCUT2D eigenvalue weighted by molar-refractivity contribution is -0.137. The summed E-state index contributed by atoms with van der Waals surface area (Å²) in [5.41, 5.74) is 1.74. The van der Waals surface area contributed by atoms with Gasteiger partial charge in [0.25, 0.3) is 5.91 Å². The monoisotopic (exact) mass is 446 g/mol. The minimum Gasteiger partial charge on any atom is -0.497 e. The number of hydrogen-bond donors (Lipinski definition) is 0. The molecule has 0 aliphatic carbocycles. The maximum absolute atomic E-state index is 12.2. The normalized spacial score (nSPS) is 13.7. The Morgan fingerprint density at radius 3 is 2.09 bits per heavy atom. The van der Waals surface area contributed by atoms with E-state index in [0.717, 1.165) is 28.5 Å². The summed E-state index contributed by atoms with van der Waals surface area (Å²) in [5, 5.41) is 0. The summed E-state index contributed by atoms with van der Waals surface area (Å²) >= 11 is 0. The second-order valence-electron chi connectivity index (χ2n) is 7.38. The molecule has 0 unspecified atom stereocenters. The molecule has 7 heteroatoms. The summed E-state index contributed by atoms with van der Waals surface area (Å²) in [4.78, 5) is 18.4. The van der Waals surface area contributed by atoms with E-state index >= 15 is 0 Å². The van der Waals surface area contributed by atoms with Gasteiger partial charge in [0.1, 0.15) is 23.0 Å². The van der Waals surface area contributed by atoms with E-state index in [9.17, 15) is 4.79 Å². The van der Waals surface area contributed by atoms with Crippen molar-refractivity contribution < 1.29 is 23.7 Å². The van der Waals surface area contributed by atoms with Gasteiger partial charge < -0.3 is 23.8 Å². The third-order valence-corrected chi connectivity index (χ3v) is 5.10. The molecule has 1 amide bonds. The van der Waals surface area contributed by atoms with Crippen LogP contribution >= 0.6 is 0 Å². The topological polar surface area (TPSA) is 69.6 Å². The Balaban J connectivity index is 1.27.